The highest BCUT2D eigenvalue weighted by Gasteiger charge is 2.20. The van der Waals surface area contributed by atoms with Gasteiger partial charge in [0.15, 0.2) is 0 Å². The third-order valence-corrected chi connectivity index (χ3v) is 3.19. The quantitative estimate of drug-likeness (QED) is 0.671. The maximum atomic E-state index is 12.0. The Kier molecular flexibility index (Phi) is 4.39. The predicted molar refractivity (Wildman–Crippen MR) is 77.4 cm³/mol. The van der Waals surface area contributed by atoms with E-state index in [-0.39, 0.29) is 23.5 Å². The van der Waals surface area contributed by atoms with Crippen LogP contribution in [0, 0.1) is 10.1 Å². The van der Waals surface area contributed by atoms with Crippen LogP contribution in [0.1, 0.15) is 15.9 Å². The van der Waals surface area contributed by atoms with Gasteiger partial charge in [0, 0.05) is 17.6 Å². The van der Waals surface area contributed by atoms with Crippen molar-refractivity contribution in [1.82, 2.24) is 5.32 Å². The fourth-order valence-corrected chi connectivity index (χ4v) is 1.98. The molecule has 0 atom stereocenters. The number of phenols is 1. The van der Waals surface area contributed by atoms with Gasteiger partial charge in [-0.2, -0.15) is 0 Å². The lowest BCUT2D eigenvalue weighted by molar-refractivity contribution is -0.385. The zero-order chi connectivity index (χ0) is 15.4. The highest BCUT2D eigenvalue weighted by Crippen LogP contribution is 2.23. The molecule has 0 aromatic heterocycles. The summed E-state index contributed by atoms with van der Waals surface area (Å²) in [6.07, 6.45) is 0. The normalized spacial score (nSPS) is 10.1. The molecule has 0 radical (unpaired) electrons. The summed E-state index contributed by atoms with van der Waals surface area (Å²) in [5.74, 6) is -0.874. The van der Waals surface area contributed by atoms with Crippen molar-refractivity contribution in [2.75, 3.05) is 0 Å². The van der Waals surface area contributed by atoms with Crippen molar-refractivity contribution in [2.45, 2.75) is 6.54 Å². The third kappa shape index (κ3) is 3.49. The number of hydrogen-bond donors (Lipinski definition) is 2. The first-order valence-corrected chi connectivity index (χ1v) is 6.36. The third-order valence-electron chi connectivity index (χ3n) is 2.82. The van der Waals surface area contributed by atoms with Crippen molar-refractivity contribution in [3.63, 3.8) is 0 Å². The van der Waals surface area contributed by atoms with E-state index in [9.17, 15) is 20.0 Å². The van der Waals surface area contributed by atoms with Crippen LogP contribution in [-0.2, 0) is 6.54 Å². The van der Waals surface area contributed by atoms with Gasteiger partial charge >= 0.3 is 0 Å². The number of benzene rings is 2. The van der Waals surface area contributed by atoms with Gasteiger partial charge in [0.25, 0.3) is 11.6 Å². The summed E-state index contributed by atoms with van der Waals surface area (Å²) in [7, 11) is 0. The summed E-state index contributed by atoms with van der Waals surface area (Å²) in [4.78, 5) is 22.2. The first kappa shape index (κ1) is 14.8. The number of halogens is 1. The van der Waals surface area contributed by atoms with Crippen LogP contribution in [0.25, 0.3) is 0 Å². The number of amides is 1. The second-order valence-electron chi connectivity index (χ2n) is 4.23. The van der Waals surface area contributed by atoms with Crippen LogP contribution in [0.3, 0.4) is 0 Å². The standard InChI is InChI=1S/C14H11ClN2O4/c15-12-4-2-1-3-9(12)8-16-14(19)11-7-10(18)5-6-13(11)17(20)21/h1-7,18H,8H2,(H,16,19). The predicted octanol–water partition coefficient (Wildman–Crippen LogP) is 2.88. The Hall–Kier alpha value is -2.60. The minimum Gasteiger partial charge on any atom is -0.508 e. The lowest BCUT2D eigenvalue weighted by Crippen LogP contribution is -2.23. The first-order chi connectivity index (χ1) is 9.99. The number of hydrogen-bond acceptors (Lipinski definition) is 4. The van der Waals surface area contributed by atoms with Gasteiger partial charge in [-0.15, -0.1) is 0 Å². The number of rotatable bonds is 4. The SMILES string of the molecule is O=C(NCc1ccccc1Cl)c1cc(O)ccc1[N+](=O)[O-]. The molecule has 0 fully saturated rings. The molecule has 2 aromatic rings. The van der Waals surface area contributed by atoms with E-state index in [0.717, 1.165) is 18.2 Å². The van der Waals surface area contributed by atoms with E-state index >= 15 is 0 Å². The zero-order valence-electron chi connectivity index (χ0n) is 10.7. The average molecular weight is 307 g/mol. The summed E-state index contributed by atoms with van der Waals surface area (Å²) < 4.78 is 0. The van der Waals surface area contributed by atoms with E-state index < -0.39 is 10.8 Å². The van der Waals surface area contributed by atoms with Crippen LogP contribution in [0.15, 0.2) is 42.5 Å². The molecular formula is C14H11ClN2O4. The van der Waals surface area contributed by atoms with Gasteiger partial charge in [0.1, 0.15) is 11.3 Å². The molecule has 0 aliphatic heterocycles. The maximum absolute atomic E-state index is 12.0. The molecule has 6 nitrogen and oxygen atoms in total. The monoisotopic (exact) mass is 306 g/mol. The van der Waals surface area contributed by atoms with Crippen LogP contribution < -0.4 is 5.32 Å². The van der Waals surface area contributed by atoms with Crippen molar-refractivity contribution in [1.29, 1.82) is 0 Å². The van der Waals surface area contributed by atoms with E-state index in [1.165, 1.54) is 0 Å². The number of nitrogens with zero attached hydrogens (tertiary/aromatic N) is 1. The fourth-order valence-electron chi connectivity index (χ4n) is 1.78. The molecule has 0 unspecified atom stereocenters. The number of carbonyl (C=O) groups is 1. The molecule has 0 saturated carbocycles. The van der Waals surface area contributed by atoms with Crippen LogP contribution in [-0.4, -0.2) is 15.9 Å². The maximum Gasteiger partial charge on any atom is 0.282 e. The molecule has 0 aliphatic carbocycles. The number of carbonyl (C=O) groups excluding carboxylic acids is 1. The number of phenolic OH excluding ortho intramolecular Hbond substituents is 1. The summed E-state index contributed by atoms with van der Waals surface area (Å²) in [5.41, 5.74) is 0.117. The first-order valence-electron chi connectivity index (χ1n) is 5.98. The molecule has 1 amide bonds. The van der Waals surface area contributed by atoms with Crippen molar-refractivity contribution in [3.8, 4) is 5.75 Å². The van der Waals surface area contributed by atoms with E-state index in [1.54, 1.807) is 24.3 Å². The van der Waals surface area contributed by atoms with E-state index in [1.807, 2.05) is 0 Å². The summed E-state index contributed by atoms with van der Waals surface area (Å²) >= 11 is 5.96. The number of nitro groups is 1. The van der Waals surface area contributed by atoms with Gasteiger partial charge in [-0.25, -0.2) is 0 Å². The Balaban J connectivity index is 2.19. The van der Waals surface area contributed by atoms with Crippen LogP contribution >= 0.6 is 11.6 Å². The molecule has 2 rings (SSSR count). The molecule has 7 heteroatoms. The van der Waals surface area contributed by atoms with Gasteiger partial charge in [-0.1, -0.05) is 29.8 Å². The molecule has 21 heavy (non-hydrogen) atoms. The Morgan fingerprint density at radius 1 is 1.29 bits per heavy atom. The Labute approximate surface area is 125 Å². The van der Waals surface area contributed by atoms with Crippen LogP contribution in [0.4, 0.5) is 5.69 Å². The van der Waals surface area contributed by atoms with Crippen LogP contribution in [0.2, 0.25) is 5.02 Å². The minimum atomic E-state index is -0.677. The van der Waals surface area contributed by atoms with Gasteiger partial charge in [0.2, 0.25) is 0 Å². The molecule has 0 bridgehead atoms. The molecule has 0 heterocycles. The molecule has 2 N–H and O–H groups in total. The second kappa shape index (κ2) is 6.23. The van der Waals surface area contributed by atoms with Gasteiger partial charge < -0.3 is 10.4 Å². The average Bonchev–Trinajstić information content (AvgIpc) is 2.45. The summed E-state index contributed by atoms with van der Waals surface area (Å²) in [6, 6.07) is 10.2. The number of nitrogens with one attached hydrogen (secondary N) is 1. The highest BCUT2D eigenvalue weighted by atomic mass is 35.5. The smallest absolute Gasteiger partial charge is 0.282 e. The van der Waals surface area contributed by atoms with Crippen molar-refractivity contribution in [2.24, 2.45) is 0 Å². The summed E-state index contributed by atoms with van der Waals surface area (Å²) in [6.45, 7) is 0.130. The van der Waals surface area contributed by atoms with Crippen molar-refractivity contribution >= 4 is 23.2 Å². The fraction of sp³-hybridized carbons (Fsp3) is 0.0714. The van der Waals surface area contributed by atoms with Crippen molar-refractivity contribution < 1.29 is 14.8 Å². The Morgan fingerprint density at radius 3 is 2.67 bits per heavy atom. The van der Waals surface area contributed by atoms with E-state index in [4.69, 9.17) is 11.6 Å². The minimum absolute atomic E-state index is 0.130. The lowest BCUT2D eigenvalue weighted by atomic mass is 10.1. The molecule has 0 saturated heterocycles. The molecular weight excluding hydrogens is 296 g/mol. The highest BCUT2D eigenvalue weighted by molar-refractivity contribution is 6.31. The second-order valence-corrected chi connectivity index (χ2v) is 4.64. The van der Waals surface area contributed by atoms with Gasteiger partial charge in [-0.05, 0) is 23.8 Å². The molecule has 2 aromatic carbocycles. The molecule has 108 valence electrons. The molecule has 0 aliphatic rings. The zero-order valence-corrected chi connectivity index (χ0v) is 11.5. The Bertz CT molecular complexity index is 703. The van der Waals surface area contributed by atoms with Crippen molar-refractivity contribution in [3.05, 3.63) is 68.7 Å². The lowest BCUT2D eigenvalue weighted by Gasteiger charge is -2.07. The topological polar surface area (TPSA) is 92.5 Å². The number of aromatic hydroxyl groups is 1. The molecule has 0 spiro atoms. The van der Waals surface area contributed by atoms with Gasteiger partial charge in [0.05, 0.1) is 4.92 Å². The van der Waals surface area contributed by atoms with Gasteiger partial charge in [-0.3, -0.25) is 14.9 Å². The number of nitro benzene ring substituents is 1. The van der Waals surface area contributed by atoms with E-state index in [0.29, 0.717) is 10.6 Å². The van der Waals surface area contributed by atoms with Crippen LogP contribution in [0.5, 0.6) is 5.75 Å². The largest absolute Gasteiger partial charge is 0.508 e. The van der Waals surface area contributed by atoms with E-state index in [2.05, 4.69) is 5.32 Å². The summed E-state index contributed by atoms with van der Waals surface area (Å²) in [5, 5.41) is 23.3. The Morgan fingerprint density at radius 2 is 2.00 bits per heavy atom.